The number of aromatic amines is 1. The van der Waals surface area contributed by atoms with Gasteiger partial charge < -0.3 is 4.98 Å². The zero-order chi connectivity index (χ0) is 11.1. The summed E-state index contributed by atoms with van der Waals surface area (Å²) in [4.78, 5) is 9.33. The third-order valence-electron chi connectivity index (χ3n) is 2.86. The molecule has 1 saturated heterocycles. The molecule has 1 N–H and O–H groups in total. The predicted octanol–water partition coefficient (Wildman–Crippen LogP) is 2.37. The fourth-order valence-electron chi connectivity index (χ4n) is 2.04. The van der Waals surface area contributed by atoms with Gasteiger partial charge in [0.1, 0.15) is 11.3 Å². The van der Waals surface area contributed by atoms with Crippen molar-refractivity contribution in [3.05, 3.63) is 29.2 Å². The third kappa shape index (κ3) is 1.68. The minimum absolute atomic E-state index is 0.506. The van der Waals surface area contributed by atoms with Gasteiger partial charge in [0.15, 0.2) is 0 Å². The fourth-order valence-corrected chi connectivity index (χ4v) is 2.25. The van der Waals surface area contributed by atoms with Crippen LogP contribution in [0.25, 0.3) is 10.9 Å². The summed E-state index contributed by atoms with van der Waals surface area (Å²) in [6, 6.07) is 3.87. The second-order valence-corrected chi connectivity index (χ2v) is 4.51. The first-order valence-electron chi connectivity index (χ1n) is 5.21. The molecule has 0 amide bonds. The van der Waals surface area contributed by atoms with E-state index in [9.17, 15) is 4.39 Å². The number of H-pyrrole nitrogens is 1. The number of halogens is 2. The second kappa shape index (κ2) is 3.71. The summed E-state index contributed by atoms with van der Waals surface area (Å²) in [5.41, 5.74) is 2.03. The van der Waals surface area contributed by atoms with Gasteiger partial charge in [0.05, 0.1) is 5.52 Å². The molecule has 2 aromatic heterocycles. The van der Waals surface area contributed by atoms with Crippen LogP contribution >= 0.6 is 11.6 Å². The molecule has 0 spiro atoms. The number of aromatic nitrogens is 2. The summed E-state index contributed by atoms with van der Waals surface area (Å²) < 4.78 is 12.7. The SMILES string of the molecule is FC1CN(Cc2cc3c(Cl)nccc3[nH]2)C1. The van der Waals surface area contributed by atoms with Crippen molar-refractivity contribution in [1.82, 2.24) is 14.9 Å². The number of pyridine rings is 1. The van der Waals surface area contributed by atoms with E-state index in [0.717, 1.165) is 23.1 Å². The highest BCUT2D eigenvalue weighted by Gasteiger charge is 2.26. The number of hydrogen-bond donors (Lipinski definition) is 1. The molecule has 3 nitrogen and oxygen atoms in total. The summed E-state index contributed by atoms with van der Waals surface area (Å²) in [7, 11) is 0. The van der Waals surface area contributed by atoms with Crippen molar-refractivity contribution in [2.24, 2.45) is 0 Å². The lowest BCUT2D eigenvalue weighted by atomic mass is 10.2. The number of nitrogens with zero attached hydrogens (tertiary/aromatic N) is 2. The Morgan fingerprint density at radius 3 is 3.06 bits per heavy atom. The van der Waals surface area contributed by atoms with Crippen LogP contribution in [0.5, 0.6) is 0 Å². The quantitative estimate of drug-likeness (QED) is 0.816. The molecule has 2 aromatic rings. The topological polar surface area (TPSA) is 31.9 Å². The smallest absolute Gasteiger partial charge is 0.138 e. The van der Waals surface area contributed by atoms with Crippen molar-refractivity contribution in [3.63, 3.8) is 0 Å². The van der Waals surface area contributed by atoms with Crippen molar-refractivity contribution in [2.45, 2.75) is 12.7 Å². The molecule has 16 heavy (non-hydrogen) atoms. The van der Waals surface area contributed by atoms with E-state index >= 15 is 0 Å². The van der Waals surface area contributed by atoms with Gasteiger partial charge in [-0.1, -0.05) is 11.6 Å². The number of hydrogen-bond acceptors (Lipinski definition) is 2. The molecule has 0 aliphatic carbocycles. The van der Waals surface area contributed by atoms with E-state index in [0.29, 0.717) is 18.2 Å². The molecular weight excluding hydrogens is 229 g/mol. The Bertz CT molecular complexity index is 519. The molecule has 1 fully saturated rings. The van der Waals surface area contributed by atoms with Gasteiger partial charge >= 0.3 is 0 Å². The lowest BCUT2D eigenvalue weighted by Crippen LogP contribution is -2.47. The van der Waals surface area contributed by atoms with Crippen molar-refractivity contribution >= 4 is 22.5 Å². The lowest BCUT2D eigenvalue weighted by Gasteiger charge is -2.33. The van der Waals surface area contributed by atoms with Crippen LogP contribution in [-0.4, -0.2) is 34.1 Å². The lowest BCUT2D eigenvalue weighted by molar-refractivity contribution is 0.0582. The summed E-state index contributed by atoms with van der Waals surface area (Å²) in [6.45, 7) is 1.80. The maximum Gasteiger partial charge on any atom is 0.138 e. The minimum atomic E-state index is -0.658. The highest BCUT2D eigenvalue weighted by Crippen LogP contribution is 2.23. The van der Waals surface area contributed by atoms with Crippen molar-refractivity contribution in [3.8, 4) is 0 Å². The average molecular weight is 240 g/mol. The maximum absolute atomic E-state index is 12.7. The van der Waals surface area contributed by atoms with E-state index in [1.807, 2.05) is 12.1 Å². The van der Waals surface area contributed by atoms with E-state index in [1.54, 1.807) is 6.20 Å². The number of likely N-dealkylation sites (tertiary alicyclic amines) is 1. The Balaban J connectivity index is 1.85. The molecule has 5 heteroatoms. The van der Waals surface area contributed by atoms with E-state index < -0.39 is 6.17 Å². The first-order chi connectivity index (χ1) is 7.72. The van der Waals surface area contributed by atoms with Crippen LogP contribution in [0.15, 0.2) is 18.3 Å². The second-order valence-electron chi connectivity index (χ2n) is 4.15. The number of fused-ring (bicyclic) bond motifs is 1. The van der Waals surface area contributed by atoms with Gasteiger partial charge in [-0.15, -0.1) is 0 Å². The largest absolute Gasteiger partial charge is 0.357 e. The van der Waals surface area contributed by atoms with Gasteiger partial charge in [-0.25, -0.2) is 9.37 Å². The van der Waals surface area contributed by atoms with Crippen molar-refractivity contribution < 1.29 is 4.39 Å². The van der Waals surface area contributed by atoms with E-state index in [1.165, 1.54) is 0 Å². The first-order valence-corrected chi connectivity index (χ1v) is 5.59. The first kappa shape index (κ1) is 10.1. The van der Waals surface area contributed by atoms with Crippen LogP contribution in [0.2, 0.25) is 5.15 Å². The molecule has 0 aromatic carbocycles. The number of rotatable bonds is 2. The number of alkyl halides is 1. The van der Waals surface area contributed by atoms with Crippen LogP contribution in [0.1, 0.15) is 5.69 Å². The predicted molar refractivity (Wildman–Crippen MR) is 61.3 cm³/mol. The van der Waals surface area contributed by atoms with Gasteiger partial charge in [0.2, 0.25) is 0 Å². The van der Waals surface area contributed by atoms with Crippen LogP contribution in [0.4, 0.5) is 4.39 Å². The van der Waals surface area contributed by atoms with E-state index in [4.69, 9.17) is 11.6 Å². The van der Waals surface area contributed by atoms with Gasteiger partial charge in [-0.2, -0.15) is 0 Å². The molecule has 0 unspecified atom stereocenters. The van der Waals surface area contributed by atoms with E-state index in [-0.39, 0.29) is 0 Å². The third-order valence-corrected chi connectivity index (χ3v) is 3.16. The molecular formula is C11H11ClFN3. The van der Waals surface area contributed by atoms with Crippen LogP contribution in [-0.2, 0) is 6.54 Å². The molecule has 0 saturated carbocycles. The monoisotopic (exact) mass is 239 g/mol. The van der Waals surface area contributed by atoms with Gasteiger partial charge in [-0.05, 0) is 12.1 Å². The Morgan fingerprint density at radius 1 is 1.56 bits per heavy atom. The van der Waals surface area contributed by atoms with Crippen LogP contribution in [0.3, 0.4) is 0 Å². The van der Waals surface area contributed by atoms with Crippen LogP contribution < -0.4 is 0 Å². The summed E-state index contributed by atoms with van der Waals surface area (Å²) >= 11 is 5.97. The molecule has 1 aliphatic rings. The van der Waals surface area contributed by atoms with Gasteiger partial charge in [0.25, 0.3) is 0 Å². The molecule has 0 bridgehead atoms. The van der Waals surface area contributed by atoms with Crippen LogP contribution in [0, 0.1) is 0 Å². The molecule has 3 heterocycles. The average Bonchev–Trinajstić information content (AvgIpc) is 2.60. The van der Waals surface area contributed by atoms with Gasteiger partial charge in [-0.3, -0.25) is 4.90 Å². The molecule has 0 radical (unpaired) electrons. The molecule has 84 valence electrons. The normalized spacial score (nSPS) is 17.9. The number of nitrogens with one attached hydrogen (secondary N) is 1. The summed E-state index contributed by atoms with van der Waals surface area (Å²) in [6.07, 6.45) is 1.02. The minimum Gasteiger partial charge on any atom is -0.357 e. The van der Waals surface area contributed by atoms with E-state index in [2.05, 4.69) is 14.9 Å². The summed E-state index contributed by atoms with van der Waals surface area (Å²) in [5, 5.41) is 1.43. The van der Waals surface area contributed by atoms with Crippen molar-refractivity contribution in [1.29, 1.82) is 0 Å². The zero-order valence-electron chi connectivity index (χ0n) is 8.58. The molecule has 1 aliphatic heterocycles. The highest BCUT2D eigenvalue weighted by atomic mass is 35.5. The van der Waals surface area contributed by atoms with Crippen molar-refractivity contribution in [2.75, 3.05) is 13.1 Å². The standard InChI is InChI=1S/C11H11ClFN3/c12-11-9-3-8(6-16-4-7(13)5-16)15-10(9)1-2-14-11/h1-3,7,15H,4-6H2. The van der Waals surface area contributed by atoms with Gasteiger partial charge in [0, 0.05) is 36.9 Å². The Kier molecular flexibility index (Phi) is 2.33. The Hall–Kier alpha value is -1.13. The molecule has 3 rings (SSSR count). The highest BCUT2D eigenvalue weighted by molar-refractivity contribution is 6.34. The molecule has 0 atom stereocenters. The maximum atomic E-state index is 12.7. The Morgan fingerprint density at radius 2 is 2.38 bits per heavy atom. The zero-order valence-corrected chi connectivity index (χ0v) is 9.34. The fraction of sp³-hybridized carbons (Fsp3) is 0.364. The Labute approximate surface area is 97.2 Å². The summed E-state index contributed by atoms with van der Waals surface area (Å²) in [5.74, 6) is 0.